The number of aromatic amines is 1. The van der Waals surface area contributed by atoms with Gasteiger partial charge in [-0.05, 0) is 75.0 Å². The quantitative estimate of drug-likeness (QED) is 0.204. The number of hydrogen-bond donors (Lipinski definition) is 3. The highest BCUT2D eigenvalue weighted by Crippen LogP contribution is 2.38. The zero-order valence-corrected chi connectivity index (χ0v) is 24.9. The van der Waals surface area contributed by atoms with Gasteiger partial charge < -0.3 is 25.3 Å². The average Bonchev–Trinajstić information content (AvgIpc) is 3.67. The number of hydrogen-bond acceptors (Lipinski definition) is 6. The van der Waals surface area contributed by atoms with Crippen LogP contribution in [0.3, 0.4) is 0 Å². The molecule has 1 aliphatic rings. The van der Waals surface area contributed by atoms with Gasteiger partial charge in [0.05, 0.1) is 23.9 Å². The summed E-state index contributed by atoms with van der Waals surface area (Å²) in [6.07, 6.45) is 1.84. The van der Waals surface area contributed by atoms with Crippen molar-refractivity contribution in [3.63, 3.8) is 0 Å². The molecule has 2 aromatic carbocycles. The minimum atomic E-state index is -0.175. The number of nitrogens with one attached hydrogen (secondary N) is 3. The first kappa shape index (κ1) is 28.3. The van der Waals surface area contributed by atoms with E-state index in [-0.39, 0.29) is 11.8 Å². The molecule has 0 saturated heterocycles. The number of methoxy groups -OCH3 is 1. The van der Waals surface area contributed by atoms with E-state index < -0.39 is 0 Å². The highest BCUT2D eigenvalue weighted by atomic mass is 32.1. The van der Waals surface area contributed by atoms with E-state index in [4.69, 9.17) is 9.72 Å². The van der Waals surface area contributed by atoms with Crippen LogP contribution in [-0.2, 0) is 4.79 Å². The molecular weight excluding hydrogens is 534 g/mol. The highest BCUT2D eigenvalue weighted by Gasteiger charge is 2.26. The number of amides is 2. The Morgan fingerprint density at radius 3 is 2.54 bits per heavy atom. The number of thiazole rings is 1. The summed E-state index contributed by atoms with van der Waals surface area (Å²) in [6.45, 7) is 11.3. The van der Waals surface area contributed by atoms with Gasteiger partial charge >= 0.3 is 0 Å². The number of nitrogens with zero attached hydrogens (tertiary/aromatic N) is 2. The fourth-order valence-corrected chi connectivity index (χ4v) is 5.96. The van der Waals surface area contributed by atoms with Crippen molar-refractivity contribution in [2.75, 3.05) is 38.6 Å². The van der Waals surface area contributed by atoms with Gasteiger partial charge in [-0.3, -0.25) is 9.59 Å². The summed E-state index contributed by atoms with van der Waals surface area (Å²) in [5.41, 5.74) is 7.86. The van der Waals surface area contributed by atoms with Crippen molar-refractivity contribution in [2.24, 2.45) is 0 Å². The van der Waals surface area contributed by atoms with Crippen LogP contribution in [0.1, 0.15) is 46.7 Å². The third kappa shape index (κ3) is 5.82. The molecule has 3 heterocycles. The van der Waals surface area contributed by atoms with Crippen LogP contribution >= 0.6 is 11.3 Å². The molecule has 1 aliphatic heterocycles. The Kier molecular flexibility index (Phi) is 8.37. The van der Waals surface area contributed by atoms with Crippen LogP contribution in [-0.4, -0.2) is 60.0 Å². The molecule has 2 aromatic heterocycles. The molecule has 0 fully saturated rings. The normalized spacial score (nSPS) is 13.5. The van der Waals surface area contributed by atoms with Gasteiger partial charge in [-0.2, -0.15) is 0 Å². The first-order valence-electron chi connectivity index (χ1n) is 13.8. The molecule has 41 heavy (non-hydrogen) atoms. The number of carbonyl (C=O) groups is 2. The number of benzene rings is 2. The highest BCUT2D eigenvalue weighted by molar-refractivity contribution is 7.13. The number of aromatic nitrogens is 2. The number of likely N-dealkylation sites (N-methyl/N-ethyl adjacent to an activating group) is 1. The van der Waals surface area contributed by atoms with E-state index in [1.165, 1.54) is 0 Å². The molecule has 3 N–H and O–H groups in total. The lowest BCUT2D eigenvalue weighted by molar-refractivity contribution is -0.110. The van der Waals surface area contributed by atoms with E-state index in [9.17, 15) is 9.59 Å². The maximum atomic E-state index is 13.0. The number of anilines is 1. The summed E-state index contributed by atoms with van der Waals surface area (Å²) >= 11 is 1.57. The SMILES string of the molecule is CCN(CC)CCNC(=O)c1c(C)[nH]c(/C=C2\C(=O)Nc3ccc(-c4csc(-c5ccc(OC)cc5)n4)cc32)c1C. The molecule has 212 valence electrons. The molecule has 0 saturated carbocycles. The van der Waals surface area contributed by atoms with Gasteiger partial charge in [0.1, 0.15) is 10.8 Å². The molecule has 0 unspecified atom stereocenters. The second-order valence-electron chi connectivity index (χ2n) is 9.99. The van der Waals surface area contributed by atoms with Crippen LogP contribution in [0, 0.1) is 13.8 Å². The lowest BCUT2D eigenvalue weighted by atomic mass is 10.0. The van der Waals surface area contributed by atoms with Crippen LogP contribution in [0.4, 0.5) is 5.69 Å². The van der Waals surface area contributed by atoms with Crippen LogP contribution in [0.15, 0.2) is 47.8 Å². The summed E-state index contributed by atoms with van der Waals surface area (Å²) in [5, 5.41) is 8.95. The van der Waals surface area contributed by atoms with Gasteiger partial charge in [-0.25, -0.2) is 4.98 Å². The zero-order chi connectivity index (χ0) is 29.1. The second-order valence-corrected chi connectivity index (χ2v) is 10.8. The largest absolute Gasteiger partial charge is 0.497 e. The predicted octanol–water partition coefficient (Wildman–Crippen LogP) is 5.99. The molecule has 2 amide bonds. The lowest BCUT2D eigenvalue weighted by Gasteiger charge is -2.18. The monoisotopic (exact) mass is 569 g/mol. The van der Waals surface area contributed by atoms with Gasteiger partial charge in [0.15, 0.2) is 0 Å². The fraction of sp³-hybridized carbons (Fsp3) is 0.281. The van der Waals surface area contributed by atoms with Crippen molar-refractivity contribution in [3.8, 4) is 27.6 Å². The Balaban J connectivity index is 1.40. The maximum Gasteiger partial charge on any atom is 0.256 e. The van der Waals surface area contributed by atoms with Crippen LogP contribution in [0.5, 0.6) is 5.75 Å². The van der Waals surface area contributed by atoms with E-state index in [2.05, 4.69) is 34.4 Å². The van der Waals surface area contributed by atoms with Crippen molar-refractivity contribution in [3.05, 3.63) is 75.9 Å². The fourth-order valence-electron chi connectivity index (χ4n) is 5.12. The van der Waals surface area contributed by atoms with E-state index in [0.717, 1.165) is 75.4 Å². The van der Waals surface area contributed by atoms with Crippen molar-refractivity contribution >= 4 is 40.5 Å². The van der Waals surface area contributed by atoms with Crippen molar-refractivity contribution in [2.45, 2.75) is 27.7 Å². The summed E-state index contributed by atoms with van der Waals surface area (Å²) in [4.78, 5) is 36.5. The number of ether oxygens (including phenoxy) is 1. The summed E-state index contributed by atoms with van der Waals surface area (Å²) in [5.74, 6) is 0.519. The summed E-state index contributed by atoms with van der Waals surface area (Å²) in [6, 6.07) is 13.7. The number of aryl methyl sites for hydroxylation is 1. The van der Waals surface area contributed by atoms with E-state index >= 15 is 0 Å². The Bertz CT molecular complexity index is 1610. The van der Waals surface area contributed by atoms with Gasteiger partial charge in [0, 0.05) is 52.2 Å². The number of H-pyrrole nitrogens is 1. The molecule has 5 rings (SSSR count). The van der Waals surface area contributed by atoms with Crippen LogP contribution in [0.25, 0.3) is 33.5 Å². The Hall–Kier alpha value is -4.21. The zero-order valence-electron chi connectivity index (χ0n) is 24.1. The first-order valence-corrected chi connectivity index (χ1v) is 14.7. The maximum absolute atomic E-state index is 13.0. The van der Waals surface area contributed by atoms with Gasteiger partial charge in [-0.1, -0.05) is 19.9 Å². The standard InChI is InChI=1S/C32H35N5O3S/c1-6-37(7-2)15-14-33-31(39)29-19(3)27(34-20(29)4)17-25-24-16-22(10-13-26(24)35-30(25)38)28-18-41-32(36-28)21-8-11-23(40-5)12-9-21/h8-13,16-18,34H,6-7,14-15H2,1-5H3,(H,33,39)(H,35,38)/b25-17-. The molecule has 0 spiro atoms. The number of carbonyl (C=O) groups excluding carboxylic acids is 2. The van der Waals surface area contributed by atoms with Crippen molar-refractivity contribution in [1.82, 2.24) is 20.2 Å². The van der Waals surface area contributed by atoms with Gasteiger partial charge in [0.25, 0.3) is 11.8 Å². The molecular formula is C32H35N5O3S. The predicted molar refractivity (Wildman–Crippen MR) is 166 cm³/mol. The van der Waals surface area contributed by atoms with Gasteiger partial charge in [-0.15, -0.1) is 11.3 Å². The topological polar surface area (TPSA) is 99.4 Å². The van der Waals surface area contributed by atoms with Gasteiger partial charge in [0.2, 0.25) is 0 Å². The van der Waals surface area contributed by atoms with Crippen LogP contribution in [0.2, 0.25) is 0 Å². The average molecular weight is 570 g/mol. The van der Waals surface area contributed by atoms with E-state index in [1.54, 1.807) is 18.4 Å². The van der Waals surface area contributed by atoms with Crippen LogP contribution < -0.4 is 15.4 Å². The number of rotatable bonds is 10. The van der Waals surface area contributed by atoms with E-state index in [1.807, 2.05) is 67.8 Å². The minimum absolute atomic E-state index is 0.109. The number of fused-ring (bicyclic) bond motifs is 1. The Morgan fingerprint density at radius 2 is 1.83 bits per heavy atom. The minimum Gasteiger partial charge on any atom is -0.497 e. The molecule has 0 atom stereocenters. The molecule has 4 aromatic rings. The Morgan fingerprint density at radius 1 is 1.10 bits per heavy atom. The second kappa shape index (κ2) is 12.1. The lowest BCUT2D eigenvalue weighted by Crippen LogP contribution is -2.35. The van der Waals surface area contributed by atoms with Crippen molar-refractivity contribution < 1.29 is 14.3 Å². The third-order valence-corrected chi connectivity index (χ3v) is 8.43. The molecule has 8 nitrogen and oxygen atoms in total. The van der Waals surface area contributed by atoms with E-state index in [0.29, 0.717) is 17.7 Å². The molecule has 9 heteroatoms. The Labute approximate surface area is 244 Å². The molecule has 0 bridgehead atoms. The smallest absolute Gasteiger partial charge is 0.256 e. The first-order chi connectivity index (χ1) is 19.8. The van der Waals surface area contributed by atoms with Crippen molar-refractivity contribution in [1.29, 1.82) is 0 Å². The molecule has 0 aliphatic carbocycles. The summed E-state index contributed by atoms with van der Waals surface area (Å²) in [7, 11) is 1.65. The molecule has 0 radical (unpaired) electrons. The third-order valence-electron chi connectivity index (χ3n) is 7.54. The summed E-state index contributed by atoms with van der Waals surface area (Å²) < 4.78 is 5.26.